The van der Waals surface area contributed by atoms with E-state index >= 15 is 8.78 Å². The fourth-order valence-corrected chi connectivity index (χ4v) is 9.84. The van der Waals surface area contributed by atoms with Crippen LogP contribution in [-0.4, -0.2) is 87.6 Å². The van der Waals surface area contributed by atoms with E-state index in [1.165, 1.54) is 32.0 Å². The molecule has 0 saturated carbocycles. The summed E-state index contributed by atoms with van der Waals surface area (Å²) in [4.78, 5) is 66.6. The number of carbonyl (C=O) groups is 4. The molecule has 0 spiro atoms. The third-order valence-corrected chi connectivity index (χ3v) is 13.7. The molecule has 2 aliphatic rings. The van der Waals surface area contributed by atoms with Crippen LogP contribution in [0.3, 0.4) is 0 Å². The van der Waals surface area contributed by atoms with E-state index in [2.05, 4.69) is 20.6 Å². The number of hydrogen-bond acceptors (Lipinski definition) is 12. The first kappa shape index (κ1) is 54.7. The number of alkyl halides is 3. The largest absolute Gasteiger partial charge is 0.494 e. The Morgan fingerprint density at radius 1 is 0.986 bits per heavy atom. The molecule has 4 heterocycles. The lowest BCUT2D eigenvalue weighted by molar-refractivity contribution is -0.144. The molecule has 2 aliphatic heterocycles. The van der Waals surface area contributed by atoms with Gasteiger partial charge in [-0.3, -0.25) is 24.1 Å². The number of thiocarbonyl (C=S) groups is 1. The number of aryl methyl sites for hydroxylation is 1. The number of nitriles is 1. The van der Waals surface area contributed by atoms with Crippen LogP contribution in [0.2, 0.25) is 0 Å². The van der Waals surface area contributed by atoms with Crippen molar-refractivity contribution >= 4 is 63.7 Å². The average molecular weight is 1060 g/mol. The number of likely N-dealkylation sites (tertiary alicyclic amines) is 1. The maximum Gasteiger partial charge on any atom is 0.420 e. The van der Waals surface area contributed by atoms with Gasteiger partial charge in [0.2, 0.25) is 17.7 Å². The summed E-state index contributed by atoms with van der Waals surface area (Å²) in [6.45, 7) is 11.2. The lowest BCUT2D eigenvalue weighted by atomic mass is 9.85. The van der Waals surface area contributed by atoms with Crippen LogP contribution in [0, 0.1) is 35.3 Å². The zero-order chi connectivity index (χ0) is 53.7. The standard InChI is InChI=1S/C52H53F5N8O7S2/c1-30-43(74-29-61-30)32-13-11-31(12-14-32)26-59-45(67)39-10-9-21-63(39)47(68)44(50(2,3)4)62-40(66)28-70-22-7-8-23-71-35-16-18-36(19-17-35)72-46-37(53)24-34(27-60-46)65-49(73)64(48(69)51(65,5)6)38-20-15-33(25-58)41(42(38)54)52(55,56)57/h11-20,24,27,29,39,44H,7-10,21-23,26,28H2,1-6H3,(H,59,67)(H,62,66). The van der Waals surface area contributed by atoms with Gasteiger partial charge in [0, 0.05) is 25.8 Å². The van der Waals surface area contributed by atoms with Crippen LogP contribution in [0.25, 0.3) is 10.4 Å². The Hall–Kier alpha value is -7.09. The number of pyridine rings is 1. The SMILES string of the molecule is Cc1ncsc1-c1ccc(CNC(=O)C2CCCN2C(=O)C(NC(=O)COCCCCOc2ccc(Oc3ncc(N4C(=S)N(c5ccc(C#N)c(C(F)(F)F)c5F)C(=O)C4(C)C)cc3F)cc2)C(C)(C)C)cc1. The highest BCUT2D eigenvalue weighted by atomic mass is 32.1. The Morgan fingerprint density at radius 3 is 2.31 bits per heavy atom. The number of unbranched alkanes of at least 4 members (excludes halogenated alkanes) is 1. The zero-order valence-electron chi connectivity index (χ0n) is 41.3. The van der Waals surface area contributed by atoms with Crippen molar-refractivity contribution in [1.29, 1.82) is 5.26 Å². The number of benzene rings is 3. The number of ether oxygens (including phenoxy) is 3. The summed E-state index contributed by atoms with van der Waals surface area (Å²) in [5, 5.41) is 14.5. The second-order valence-corrected chi connectivity index (χ2v) is 20.4. The molecular weight excluding hydrogens is 1010 g/mol. The number of amides is 4. The third-order valence-electron chi connectivity index (χ3n) is 12.4. The van der Waals surface area contributed by atoms with Gasteiger partial charge >= 0.3 is 6.18 Å². The molecule has 2 fully saturated rings. The summed E-state index contributed by atoms with van der Waals surface area (Å²) < 4.78 is 89.3. The van der Waals surface area contributed by atoms with Gasteiger partial charge in [-0.05, 0) is 112 Å². The number of anilines is 2. The normalized spacial score (nSPS) is 16.0. The van der Waals surface area contributed by atoms with Crippen molar-refractivity contribution in [3.63, 3.8) is 0 Å². The van der Waals surface area contributed by atoms with Crippen LogP contribution in [0.1, 0.15) is 82.7 Å². The van der Waals surface area contributed by atoms with E-state index in [-0.39, 0.29) is 36.5 Å². The van der Waals surface area contributed by atoms with Crippen molar-refractivity contribution in [2.24, 2.45) is 5.41 Å². The smallest absolute Gasteiger partial charge is 0.420 e. The van der Waals surface area contributed by atoms with E-state index in [1.54, 1.807) is 28.4 Å². The molecule has 0 aliphatic carbocycles. The van der Waals surface area contributed by atoms with Gasteiger partial charge in [-0.25, -0.2) is 18.7 Å². The van der Waals surface area contributed by atoms with Gasteiger partial charge in [0.05, 0.1) is 51.9 Å². The third kappa shape index (κ3) is 12.1. The molecule has 0 radical (unpaired) electrons. The Bertz CT molecular complexity index is 2960. The van der Waals surface area contributed by atoms with Crippen LogP contribution in [-0.2, 0) is 36.6 Å². The van der Waals surface area contributed by atoms with Gasteiger partial charge in [0.15, 0.2) is 16.7 Å². The first-order valence-electron chi connectivity index (χ1n) is 23.5. The molecule has 7 rings (SSSR count). The minimum absolute atomic E-state index is 0.0725. The van der Waals surface area contributed by atoms with Crippen molar-refractivity contribution < 1.29 is 55.3 Å². The predicted molar refractivity (Wildman–Crippen MR) is 269 cm³/mol. The fraction of sp³-hybridized carbons (Fsp3) is 0.385. The molecule has 2 unspecified atom stereocenters. The highest BCUT2D eigenvalue weighted by molar-refractivity contribution is 7.81. The van der Waals surface area contributed by atoms with E-state index in [1.807, 2.05) is 57.5 Å². The summed E-state index contributed by atoms with van der Waals surface area (Å²) in [5.74, 6) is -4.58. The number of aromatic nitrogens is 2. The Labute approximate surface area is 433 Å². The Kier molecular flexibility index (Phi) is 16.7. The van der Waals surface area contributed by atoms with Crippen molar-refractivity contribution in [2.75, 3.05) is 36.2 Å². The van der Waals surface area contributed by atoms with Crippen molar-refractivity contribution in [1.82, 2.24) is 25.5 Å². The summed E-state index contributed by atoms with van der Waals surface area (Å²) in [5.41, 5.74) is -1.28. The first-order chi connectivity index (χ1) is 35.0. The number of hydrogen-bond donors (Lipinski definition) is 2. The molecule has 2 atom stereocenters. The van der Waals surface area contributed by atoms with Gasteiger partial charge < -0.3 is 34.6 Å². The van der Waals surface area contributed by atoms with Gasteiger partial charge in [0.1, 0.15) is 41.3 Å². The molecule has 4 amide bonds. The molecule has 390 valence electrons. The van der Waals surface area contributed by atoms with E-state index in [9.17, 15) is 32.3 Å². The molecule has 15 nitrogen and oxygen atoms in total. The van der Waals surface area contributed by atoms with Crippen LogP contribution in [0.5, 0.6) is 17.4 Å². The molecule has 5 aromatic rings. The second kappa shape index (κ2) is 22.6. The summed E-state index contributed by atoms with van der Waals surface area (Å²) in [6, 6.07) is 16.4. The van der Waals surface area contributed by atoms with E-state index in [0.717, 1.165) is 51.0 Å². The van der Waals surface area contributed by atoms with Crippen LogP contribution < -0.4 is 29.9 Å². The maximum absolute atomic E-state index is 15.5. The van der Waals surface area contributed by atoms with E-state index < -0.39 is 80.5 Å². The number of nitrogens with one attached hydrogen (secondary N) is 2. The molecule has 2 aromatic heterocycles. The molecule has 3 aromatic carbocycles. The molecule has 74 heavy (non-hydrogen) atoms. The van der Waals surface area contributed by atoms with Crippen molar-refractivity contribution in [2.45, 2.75) is 97.6 Å². The minimum atomic E-state index is -5.26. The van der Waals surface area contributed by atoms with Gasteiger partial charge in [-0.15, -0.1) is 11.3 Å². The average Bonchev–Trinajstić information content (AvgIpc) is 4.06. The number of nitrogens with zero attached hydrogens (tertiary/aromatic N) is 6. The van der Waals surface area contributed by atoms with Crippen LogP contribution in [0.15, 0.2) is 78.4 Å². The lowest BCUT2D eigenvalue weighted by Gasteiger charge is -2.35. The molecule has 0 bridgehead atoms. The van der Waals surface area contributed by atoms with Gasteiger partial charge in [-0.1, -0.05) is 45.0 Å². The first-order valence-corrected chi connectivity index (χ1v) is 24.8. The lowest BCUT2D eigenvalue weighted by Crippen LogP contribution is -2.58. The van der Waals surface area contributed by atoms with E-state index in [4.69, 9.17) is 31.7 Å². The van der Waals surface area contributed by atoms with Crippen molar-refractivity contribution in [3.05, 3.63) is 112 Å². The summed E-state index contributed by atoms with van der Waals surface area (Å²) in [7, 11) is 0. The molecule has 2 N–H and O–H groups in total. The Morgan fingerprint density at radius 2 is 1.68 bits per heavy atom. The van der Waals surface area contributed by atoms with Gasteiger partial charge in [0.25, 0.3) is 11.8 Å². The zero-order valence-corrected chi connectivity index (χ0v) is 42.9. The monoisotopic (exact) mass is 1060 g/mol. The van der Waals surface area contributed by atoms with Gasteiger partial charge in [-0.2, -0.15) is 18.4 Å². The topological polar surface area (TPSA) is 179 Å². The van der Waals surface area contributed by atoms with E-state index in [0.29, 0.717) is 56.0 Å². The fourth-order valence-electron chi connectivity index (χ4n) is 8.52. The number of carbonyl (C=O) groups excluding carboxylic acids is 4. The minimum Gasteiger partial charge on any atom is -0.494 e. The Balaban J connectivity index is 0.836. The predicted octanol–water partition coefficient (Wildman–Crippen LogP) is 9.41. The molecule has 22 heteroatoms. The molecular formula is C52H53F5N8O7S2. The number of thiazole rings is 1. The van der Waals surface area contributed by atoms with Crippen LogP contribution in [0.4, 0.5) is 33.3 Å². The molecule has 2 saturated heterocycles. The maximum atomic E-state index is 15.5. The summed E-state index contributed by atoms with van der Waals surface area (Å²) >= 11 is 7.00. The van der Waals surface area contributed by atoms with Crippen molar-refractivity contribution in [3.8, 4) is 33.9 Å². The number of halogens is 5. The van der Waals surface area contributed by atoms with Crippen LogP contribution >= 0.6 is 23.6 Å². The highest BCUT2D eigenvalue weighted by Gasteiger charge is 2.52. The number of rotatable bonds is 18. The quantitative estimate of drug-likeness (QED) is 0.0483. The highest BCUT2D eigenvalue weighted by Crippen LogP contribution is 2.42. The second-order valence-electron chi connectivity index (χ2n) is 19.1. The summed E-state index contributed by atoms with van der Waals surface area (Å²) in [6.07, 6.45) is -1.83.